The first-order chi connectivity index (χ1) is 9.06. The van der Waals surface area contributed by atoms with Crippen LogP contribution in [0.25, 0.3) is 0 Å². The minimum Gasteiger partial charge on any atom is -0.306 e. The van der Waals surface area contributed by atoms with Gasteiger partial charge in [0.05, 0.1) is 6.04 Å². The van der Waals surface area contributed by atoms with Gasteiger partial charge in [-0.25, -0.2) is 13.2 Å². The summed E-state index contributed by atoms with van der Waals surface area (Å²) in [6, 6.07) is 1.13. The quantitative estimate of drug-likeness (QED) is 0.910. The van der Waals surface area contributed by atoms with Crippen molar-refractivity contribution in [2.45, 2.75) is 31.3 Å². The molecule has 1 aliphatic heterocycles. The fourth-order valence-corrected chi connectivity index (χ4v) is 2.38. The Labute approximate surface area is 108 Å². The normalized spacial score (nSPS) is 23.2. The van der Waals surface area contributed by atoms with Crippen LogP contribution in [0.1, 0.15) is 19.3 Å². The minimum atomic E-state index is -1.04. The van der Waals surface area contributed by atoms with Crippen molar-refractivity contribution in [2.24, 2.45) is 0 Å². The molecule has 1 amide bonds. The summed E-state index contributed by atoms with van der Waals surface area (Å²) in [5.41, 5.74) is -0.452. The lowest BCUT2D eigenvalue weighted by atomic mass is 10.2. The van der Waals surface area contributed by atoms with Gasteiger partial charge >= 0.3 is 0 Å². The molecule has 1 aliphatic carbocycles. The SMILES string of the molecule is O=C1C(NC2CC2)CCN1c1c(F)cc(F)cc1F. The van der Waals surface area contributed by atoms with Gasteiger partial charge in [-0.3, -0.25) is 4.79 Å². The monoisotopic (exact) mass is 270 g/mol. The average molecular weight is 270 g/mol. The zero-order valence-corrected chi connectivity index (χ0v) is 10.1. The van der Waals surface area contributed by atoms with Crippen LogP contribution in [0.2, 0.25) is 0 Å². The molecule has 0 radical (unpaired) electrons. The highest BCUT2D eigenvalue weighted by Crippen LogP contribution is 2.30. The van der Waals surface area contributed by atoms with E-state index in [1.807, 2.05) is 0 Å². The van der Waals surface area contributed by atoms with Gasteiger partial charge in [0.2, 0.25) is 5.91 Å². The third-order valence-corrected chi connectivity index (χ3v) is 3.47. The zero-order valence-electron chi connectivity index (χ0n) is 10.1. The van der Waals surface area contributed by atoms with E-state index in [-0.39, 0.29) is 12.5 Å². The van der Waals surface area contributed by atoms with Crippen molar-refractivity contribution in [1.82, 2.24) is 5.32 Å². The van der Waals surface area contributed by atoms with Gasteiger partial charge in [-0.15, -0.1) is 0 Å². The molecule has 1 aromatic rings. The van der Waals surface area contributed by atoms with E-state index in [0.29, 0.717) is 24.6 Å². The Balaban J connectivity index is 1.84. The van der Waals surface area contributed by atoms with Crippen LogP contribution in [0.5, 0.6) is 0 Å². The second kappa shape index (κ2) is 4.52. The van der Waals surface area contributed by atoms with Crippen LogP contribution in [0, 0.1) is 17.5 Å². The maximum Gasteiger partial charge on any atom is 0.244 e. The largest absolute Gasteiger partial charge is 0.306 e. The lowest BCUT2D eigenvalue weighted by molar-refractivity contribution is -0.118. The third kappa shape index (κ3) is 2.32. The Hall–Kier alpha value is -1.56. The standard InChI is InChI=1S/C13H13F3N2O/c14-7-5-9(15)12(10(16)6-7)18-4-3-11(13(18)19)17-8-1-2-8/h5-6,8,11,17H,1-4H2. The highest BCUT2D eigenvalue weighted by atomic mass is 19.1. The molecule has 1 N–H and O–H groups in total. The molecule has 2 aliphatic rings. The number of carbonyl (C=O) groups is 1. The second-order valence-electron chi connectivity index (χ2n) is 4.99. The van der Waals surface area contributed by atoms with Crippen LogP contribution in [0.3, 0.4) is 0 Å². The summed E-state index contributed by atoms with van der Waals surface area (Å²) in [5.74, 6) is -3.43. The van der Waals surface area contributed by atoms with E-state index >= 15 is 0 Å². The fourth-order valence-electron chi connectivity index (χ4n) is 2.38. The smallest absolute Gasteiger partial charge is 0.244 e. The van der Waals surface area contributed by atoms with Crippen molar-refractivity contribution < 1.29 is 18.0 Å². The van der Waals surface area contributed by atoms with E-state index in [2.05, 4.69) is 5.32 Å². The molecule has 19 heavy (non-hydrogen) atoms. The van der Waals surface area contributed by atoms with E-state index in [1.54, 1.807) is 0 Å². The van der Waals surface area contributed by atoms with Crippen molar-refractivity contribution in [3.05, 3.63) is 29.6 Å². The maximum absolute atomic E-state index is 13.6. The van der Waals surface area contributed by atoms with Gasteiger partial charge in [-0.2, -0.15) is 0 Å². The molecule has 1 saturated heterocycles. The number of nitrogens with zero attached hydrogens (tertiary/aromatic N) is 1. The first kappa shape index (κ1) is 12.5. The average Bonchev–Trinajstić information content (AvgIpc) is 3.07. The number of amides is 1. The van der Waals surface area contributed by atoms with Crippen molar-refractivity contribution >= 4 is 11.6 Å². The molecular formula is C13H13F3N2O. The van der Waals surface area contributed by atoms with Gasteiger partial charge < -0.3 is 10.2 Å². The third-order valence-electron chi connectivity index (χ3n) is 3.47. The highest BCUT2D eigenvalue weighted by molar-refractivity contribution is 5.99. The molecule has 1 aromatic carbocycles. The van der Waals surface area contributed by atoms with Crippen LogP contribution in [0.15, 0.2) is 12.1 Å². The summed E-state index contributed by atoms with van der Waals surface area (Å²) in [7, 11) is 0. The van der Waals surface area contributed by atoms with Crippen molar-refractivity contribution in [3.8, 4) is 0 Å². The Kier molecular flexibility index (Phi) is 2.97. The summed E-state index contributed by atoms with van der Waals surface area (Å²) in [5, 5.41) is 3.14. The molecule has 6 heteroatoms. The van der Waals surface area contributed by atoms with Gasteiger partial charge in [-0.05, 0) is 19.3 Å². The first-order valence-electron chi connectivity index (χ1n) is 6.28. The number of halogens is 3. The van der Waals surface area contributed by atoms with Gasteiger partial charge in [0, 0.05) is 24.7 Å². The van der Waals surface area contributed by atoms with Gasteiger partial charge in [0.25, 0.3) is 0 Å². The van der Waals surface area contributed by atoms with Crippen molar-refractivity contribution in [1.29, 1.82) is 0 Å². The number of anilines is 1. The zero-order chi connectivity index (χ0) is 13.6. The van der Waals surface area contributed by atoms with Crippen molar-refractivity contribution in [3.63, 3.8) is 0 Å². The molecule has 3 nitrogen and oxygen atoms in total. The van der Waals surface area contributed by atoms with E-state index in [4.69, 9.17) is 0 Å². The molecule has 3 rings (SSSR count). The number of hydrogen-bond donors (Lipinski definition) is 1. The summed E-state index contributed by atoms with van der Waals surface area (Å²) in [6.07, 6.45) is 2.57. The predicted octanol–water partition coefficient (Wildman–Crippen LogP) is 1.96. The molecule has 1 heterocycles. The second-order valence-corrected chi connectivity index (χ2v) is 4.99. The molecule has 2 fully saturated rings. The fraction of sp³-hybridized carbons (Fsp3) is 0.462. The summed E-state index contributed by atoms with van der Waals surface area (Å²) in [4.78, 5) is 13.2. The van der Waals surface area contributed by atoms with Crippen LogP contribution in [-0.2, 0) is 4.79 Å². The lowest BCUT2D eigenvalue weighted by Gasteiger charge is -2.18. The van der Waals surface area contributed by atoms with Crippen molar-refractivity contribution in [2.75, 3.05) is 11.4 Å². The van der Waals surface area contributed by atoms with Crippen LogP contribution in [-0.4, -0.2) is 24.5 Å². The lowest BCUT2D eigenvalue weighted by Crippen LogP contribution is -2.39. The molecular weight excluding hydrogens is 257 g/mol. The Morgan fingerprint density at radius 3 is 2.32 bits per heavy atom. The Bertz CT molecular complexity index is 508. The highest BCUT2D eigenvalue weighted by Gasteiger charge is 2.38. The molecule has 1 saturated carbocycles. The topological polar surface area (TPSA) is 32.3 Å². The number of hydrogen-bond acceptors (Lipinski definition) is 2. The Morgan fingerprint density at radius 1 is 1.11 bits per heavy atom. The summed E-state index contributed by atoms with van der Waals surface area (Å²) < 4.78 is 40.1. The molecule has 0 spiro atoms. The molecule has 102 valence electrons. The van der Waals surface area contributed by atoms with Gasteiger partial charge in [0.1, 0.15) is 11.5 Å². The van der Waals surface area contributed by atoms with Crippen LogP contribution < -0.4 is 10.2 Å². The maximum atomic E-state index is 13.6. The van der Waals surface area contributed by atoms with Gasteiger partial charge in [0.15, 0.2) is 11.6 Å². The summed E-state index contributed by atoms with van der Waals surface area (Å²) >= 11 is 0. The number of nitrogens with one attached hydrogen (secondary N) is 1. The summed E-state index contributed by atoms with van der Waals surface area (Å²) in [6.45, 7) is 0.239. The number of rotatable bonds is 3. The Morgan fingerprint density at radius 2 is 1.74 bits per heavy atom. The van der Waals surface area contributed by atoms with Crippen LogP contribution >= 0.6 is 0 Å². The van der Waals surface area contributed by atoms with Gasteiger partial charge in [-0.1, -0.05) is 0 Å². The molecule has 0 aromatic heterocycles. The minimum absolute atomic E-state index is 0.239. The first-order valence-corrected chi connectivity index (χ1v) is 6.28. The number of benzene rings is 1. The number of carbonyl (C=O) groups excluding carboxylic acids is 1. The van der Waals surface area contributed by atoms with E-state index in [9.17, 15) is 18.0 Å². The van der Waals surface area contributed by atoms with E-state index in [0.717, 1.165) is 17.7 Å². The molecule has 0 bridgehead atoms. The van der Waals surface area contributed by atoms with Crippen LogP contribution in [0.4, 0.5) is 18.9 Å². The van der Waals surface area contributed by atoms with E-state index in [1.165, 1.54) is 0 Å². The van der Waals surface area contributed by atoms with E-state index < -0.39 is 29.2 Å². The predicted molar refractivity (Wildman–Crippen MR) is 63.2 cm³/mol. The molecule has 1 atom stereocenters. The molecule has 1 unspecified atom stereocenters.